The Hall–Kier alpha value is -2.90. The molecule has 1 aliphatic rings. The number of nitrogens with zero attached hydrogens (tertiary/aromatic N) is 4. The molecule has 2 aromatic rings. The molecule has 0 radical (unpaired) electrons. The minimum atomic E-state index is -0.169. The SMILES string of the molecule is CCn1ccc(C(=O)N2CCn3nc(CCC(=O)NC(C)C)cc3C2)cc1=O. The maximum absolute atomic E-state index is 12.8. The van der Waals surface area contributed by atoms with E-state index in [1.807, 2.05) is 31.5 Å². The minimum absolute atomic E-state index is 0.0135. The second-order valence-electron chi connectivity index (χ2n) is 7.34. The molecule has 0 saturated heterocycles. The van der Waals surface area contributed by atoms with E-state index in [9.17, 15) is 14.4 Å². The molecular weight excluding hydrogens is 358 g/mol. The van der Waals surface area contributed by atoms with Gasteiger partial charge in [0, 0.05) is 49.8 Å². The van der Waals surface area contributed by atoms with Crippen LogP contribution in [-0.2, 0) is 30.8 Å². The Morgan fingerprint density at radius 1 is 1.25 bits per heavy atom. The second kappa shape index (κ2) is 8.41. The van der Waals surface area contributed by atoms with Crippen LogP contribution in [0.1, 0.15) is 48.9 Å². The first-order valence-corrected chi connectivity index (χ1v) is 9.72. The standard InChI is InChI=1S/C20H27N5O3/c1-4-23-8-7-15(11-19(23)27)20(28)24-9-10-25-17(13-24)12-16(22-25)5-6-18(26)21-14(2)3/h7-8,11-12,14H,4-6,9-10,13H2,1-3H3,(H,21,26). The molecule has 8 heteroatoms. The highest BCUT2D eigenvalue weighted by atomic mass is 16.2. The summed E-state index contributed by atoms with van der Waals surface area (Å²) in [6.45, 7) is 7.92. The molecule has 8 nitrogen and oxygen atoms in total. The van der Waals surface area contributed by atoms with E-state index in [1.165, 1.54) is 6.07 Å². The number of nitrogens with one attached hydrogen (secondary N) is 1. The van der Waals surface area contributed by atoms with Crippen LogP contribution in [0.3, 0.4) is 0 Å². The highest BCUT2D eigenvalue weighted by Crippen LogP contribution is 2.17. The smallest absolute Gasteiger partial charge is 0.254 e. The van der Waals surface area contributed by atoms with E-state index >= 15 is 0 Å². The van der Waals surface area contributed by atoms with Gasteiger partial charge in [-0.2, -0.15) is 5.10 Å². The summed E-state index contributed by atoms with van der Waals surface area (Å²) < 4.78 is 3.46. The molecule has 150 valence electrons. The van der Waals surface area contributed by atoms with Crippen molar-refractivity contribution in [2.75, 3.05) is 6.54 Å². The Morgan fingerprint density at radius 3 is 2.71 bits per heavy atom. The van der Waals surface area contributed by atoms with Crippen LogP contribution >= 0.6 is 0 Å². The van der Waals surface area contributed by atoms with Gasteiger partial charge in [0.1, 0.15) is 0 Å². The summed E-state index contributed by atoms with van der Waals surface area (Å²) >= 11 is 0. The number of hydrogen-bond donors (Lipinski definition) is 1. The minimum Gasteiger partial charge on any atom is -0.354 e. The van der Waals surface area contributed by atoms with Crippen molar-refractivity contribution in [1.82, 2.24) is 24.6 Å². The number of hydrogen-bond acceptors (Lipinski definition) is 4. The van der Waals surface area contributed by atoms with Crippen molar-refractivity contribution in [3.05, 3.63) is 51.7 Å². The third kappa shape index (κ3) is 4.49. The van der Waals surface area contributed by atoms with E-state index in [1.54, 1.807) is 21.7 Å². The van der Waals surface area contributed by atoms with Crippen molar-refractivity contribution in [2.45, 2.75) is 59.3 Å². The van der Waals surface area contributed by atoms with Crippen LogP contribution < -0.4 is 10.9 Å². The normalized spacial score (nSPS) is 13.5. The first-order valence-electron chi connectivity index (χ1n) is 9.72. The number of carbonyl (C=O) groups excluding carboxylic acids is 2. The average Bonchev–Trinajstić information content (AvgIpc) is 3.07. The monoisotopic (exact) mass is 385 g/mol. The highest BCUT2D eigenvalue weighted by molar-refractivity contribution is 5.94. The van der Waals surface area contributed by atoms with Gasteiger partial charge in [-0.15, -0.1) is 0 Å². The predicted octanol–water partition coefficient (Wildman–Crippen LogP) is 1.18. The van der Waals surface area contributed by atoms with Gasteiger partial charge in [0.25, 0.3) is 11.5 Å². The second-order valence-corrected chi connectivity index (χ2v) is 7.34. The zero-order valence-corrected chi connectivity index (χ0v) is 16.6. The lowest BCUT2D eigenvalue weighted by molar-refractivity contribution is -0.121. The number of rotatable bonds is 6. The number of aryl methyl sites for hydroxylation is 2. The molecule has 0 saturated carbocycles. The van der Waals surface area contributed by atoms with E-state index in [4.69, 9.17) is 0 Å². The number of fused-ring (bicyclic) bond motifs is 1. The third-order valence-electron chi connectivity index (χ3n) is 4.78. The van der Waals surface area contributed by atoms with E-state index in [2.05, 4.69) is 10.4 Å². The summed E-state index contributed by atoms with van der Waals surface area (Å²) in [5, 5.41) is 7.42. The number of aromatic nitrogens is 3. The van der Waals surface area contributed by atoms with E-state index in [-0.39, 0.29) is 23.4 Å². The molecular formula is C20H27N5O3. The van der Waals surface area contributed by atoms with Crippen molar-refractivity contribution in [1.29, 1.82) is 0 Å². The van der Waals surface area contributed by atoms with Gasteiger partial charge in [-0.1, -0.05) is 0 Å². The fourth-order valence-electron chi connectivity index (χ4n) is 3.34. The van der Waals surface area contributed by atoms with Gasteiger partial charge >= 0.3 is 0 Å². The molecule has 3 heterocycles. The van der Waals surface area contributed by atoms with Crippen molar-refractivity contribution in [3.63, 3.8) is 0 Å². The fourth-order valence-corrected chi connectivity index (χ4v) is 3.34. The Bertz CT molecular complexity index is 928. The van der Waals surface area contributed by atoms with Crippen molar-refractivity contribution >= 4 is 11.8 Å². The van der Waals surface area contributed by atoms with Crippen LogP contribution in [0.5, 0.6) is 0 Å². The molecule has 1 N–H and O–H groups in total. The molecule has 0 atom stereocenters. The van der Waals surface area contributed by atoms with Gasteiger partial charge < -0.3 is 14.8 Å². The van der Waals surface area contributed by atoms with Gasteiger partial charge in [0.15, 0.2) is 0 Å². The molecule has 0 aromatic carbocycles. The molecule has 0 spiro atoms. The summed E-state index contributed by atoms with van der Waals surface area (Å²) in [7, 11) is 0. The molecule has 2 amide bonds. The summed E-state index contributed by atoms with van der Waals surface area (Å²) in [5.41, 5.74) is 2.04. The lowest BCUT2D eigenvalue weighted by Crippen LogP contribution is -2.38. The topological polar surface area (TPSA) is 89.2 Å². The molecule has 0 unspecified atom stereocenters. The quantitative estimate of drug-likeness (QED) is 0.809. The Balaban J connectivity index is 1.65. The average molecular weight is 385 g/mol. The summed E-state index contributed by atoms with van der Waals surface area (Å²) in [6.07, 6.45) is 2.62. The van der Waals surface area contributed by atoms with Crippen LogP contribution in [-0.4, -0.2) is 43.6 Å². The number of carbonyl (C=O) groups is 2. The molecule has 0 fully saturated rings. The van der Waals surface area contributed by atoms with Gasteiger partial charge in [0.05, 0.1) is 24.5 Å². The Labute approximate surface area is 164 Å². The van der Waals surface area contributed by atoms with E-state index < -0.39 is 0 Å². The first kappa shape index (κ1) is 19.9. The van der Waals surface area contributed by atoms with Gasteiger partial charge in [-0.3, -0.25) is 19.1 Å². The zero-order valence-electron chi connectivity index (χ0n) is 16.6. The fraction of sp³-hybridized carbons (Fsp3) is 0.500. The molecule has 3 rings (SSSR count). The van der Waals surface area contributed by atoms with Crippen LogP contribution in [0.25, 0.3) is 0 Å². The highest BCUT2D eigenvalue weighted by Gasteiger charge is 2.23. The Morgan fingerprint density at radius 2 is 2.04 bits per heavy atom. The molecule has 1 aliphatic heterocycles. The lowest BCUT2D eigenvalue weighted by atomic mass is 10.2. The number of pyridine rings is 1. The van der Waals surface area contributed by atoms with Crippen LogP contribution in [0.15, 0.2) is 29.2 Å². The molecule has 0 aliphatic carbocycles. The summed E-state index contributed by atoms with van der Waals surface area (Å²) in [4.78, 5) is 38.3. The van der Waals surface area contributed by atoms with E-state index in [0.717, 1.165) is 11.4 Å². The van der Waals surface area contributed by atoms with Gasteiger partial charge in [-0.25, -0.2) is 0 Å². The zero-order chi connectivity index (χ0) is 20.3. The number of amides is 2. The van der Waals surface area contributed by atoms with Crippen LogP contribution in [0.4, 0.5) is 0 Å². The predicted molar refractivity (Wildman–Crippen MR) is 105 cm³/mol. The van der Waals surface area contributed by atoms with Crippen LogP contribution in [0.2, 0.25) is 0 Å². The van der Waals surface area contributed by atoms with Crippen molar-refractivity contribution in [2.24, 2.45) is 0 Å². The molecule has 2 aromatic heterocycles. The Kier molecular flexibility index (Phi) is 5.96. The largest absolute Gasteiger partial charge is 0.354 e. The molecule has 0 bridgehead atoms. The third-order valence-corrected chi connectivity index (χ3v) is 4.78. The van der Waals surface area contributed by atoms with E-state index in [0.29, 0.717) is 44.6 Å². The summed E-state index contributed by atoms with van der Waals surface area (Å²) in [5.74, 6) is -0.134. The maximum Gasteiger partial charge on any atom is 0.254 e. The first-order chi connectivity index (χ1) is 13.4. The van der Waals surface area contributed by atoms with Crippen molar-refractivity contribution < 1.29 is 9.59 Å². The summed E-state index contributed by atoms with van der Waals surface area (Å²) in [6, 6.07) is 5.17. The maximum atomic E-state index is 12.8. The molecule has 28 heavy (non-hydrogen) atoms. The lowest BCUT2D eigenvalue weighted by Gasteiger charge is -2.27. The van der Waals surface area contributed by atoms with Gasteiger partial charge in [0.2, 0.25) is 5.91 Å². The van der Waals surface area contributed by atoms with Gasteiger partial charge in [-0.05, 0) is 32.9 Å². The van der Waals surface area contributed by atoms with Crippen molar-refractivity contribution in [3.8, 4) is 0 Å². The van der Waals surface area contributed by atoms with Crippen LogP contribution in [0, 0.1) is 0 Å².